The molecule has 0 amide bonds. The number of aliphatic imine (C=N–C) groups is 1. The molecule has 8 nitrogen and oxygen atoms in total. The van der Waals surface area contributed by atoms with Crippen molar-refractivity contribution in [2.45, 2.75) is 39.1 Å². The Morgan fingerprint density at radius 3 is 2.47 bits per heavy atom. The van der Waals surface area contributed by atoms with Crippen LogP contribution in [-0.4, -0.2) is 71.3 Å². The van der Waals surface area contributed by atoms with Gasteiger partial charge in [-0.1, -0.05) is 24.3 Å². The molecule has 1 aliphatic heterocycles. The lowest BCUT2D eigenvalue weighted by Crippen LogP contribution is -2.44. The van der Waals surface area contributed by atoms with E-state index in [1.165, 1.54) is 0 Å². The van der Waals surface area contributed by atoms with Crippen molar-refractivity contribution in [1.29, 1.82) is 0 Å². The highest BCUT2D eigenvalue weighted by Crippen LogP contribution is 2.13. The number of guanidine groups is 1. The van der Waals surface area contributed by atoms with Crippen molar-refractivity contribution in [3.63, 3.8) is 0 Å². The molecule has 2 rings (SSSR count). The molecule has 1 fully saturated rings. The molecular formula is C20H36IN5O3S. The predicted octanol–water partition coefficient (Wildman–Crippen LogP) is 1.52. The average Bonchev–Trinajstić information content (AvgIpc) is 2.66. The summed E-state index contributed by atoms with van der Waals surface area (Å²) in [6, 6.07) is 7.43. The number of hydrogen-bond donors (Lipinski definition) is 3. The third-order valence-corrected chi connectivity index (χ3v) is 5.98. The summed E-state index contributed by atoms with van der Waals surface area (Å²) in [6.45, 7) is 12.1. The molecule has 3 N–H and O–H groups in total. The molecule has 0 unspecified atom stereocenters. The van der Waals surface area contributed by atoms with Crippen molar-refractivity contribution in [3.8, 4) is 0 Å². The van der Waals surface area contributed by atoms with Gasteiger partial charge in [0.25, 0.3) is 0 Å². The molecule has 1 aromatic carbocycles. The molecule has 1 saturated heterocycles. The molecule has 0 aliphatic carbocycles. The van der Waals surface area contributed by atoms with Crippen LogP contribution in [0.1, 0.15) is 31.9 Å². The fourth-order valence-electron chi connectivity index (χ4n) is 3.12. The van der Waals surface area contributed by atoms with E-state index in [9.17, 15) is 8.42 Å². The highest BCUT2D eigenvalue weighted by Gasteiger charge is 2.15. The van der Waals surface area contributed by atoms with Crippen LogP contribution in [-0.2, 0) is 27.1 Å². The molecule has 0 atom stereocenters. The Hall–Kier alpha value is -0.950. The van der Waals surface area contributed by atoms with Gasteiger partial charge < -0.3 is 15.4 Å². The third kappa shape index (κ3) is 10.4. The molecule has 10 heteroatoms. The predicted molar refractivity (Wildman–Crippen MR) is 133 cm³/mol. The van der Waals surface area contributed by atoms with E-state index in [0.29, 0.717) is 6.54 Å². The number of nitrogens with zero attached hydrogens (tertiary/aromatic N) is 2. The number of benzene rings is 1. The summed E-state index contributed by atoms with van der Waals surface area (Å²) in [6.07, 6.45) is 0. The van der Waals surface area contributed by atoms with Gasteiger partial charge in [-0.2, -0.15) is 0 Å². The van der Waals surface area contributed by atoms with Gasteiger partial charge in [-0.05, 0) is 31.9 Å². The Balaban J connectivity index is 0.00000450. The summed E-state index contributed by atoms with van der Waals surface area (Å²) < 4.78 is 32.6. The fourth-order valence-corrected chi connectivity index (χ4v) is 4.61. The van der Waals surface area contributed by atoms with Gasteiger partial charge in [-0.25, -0.2) is 18.1 Å². The maximum Gasteiger partial charge on any atom is 0.216 e. The van der Waals surface area contributed by atoms with Gasteiger partial charge in [0.1, 0.15) is 0 Å². The van der Waals surface area contributed by atoms with E-state index >= 15 is 0 Å². The number of ether oxygens (including phenoxy) is 1. The number of halogens is 1. The monoisotopic (exact) mass is 553 g/mol. The summed E-state index contributed by atoms with van der Waals surface area (Å²) >= 11 is 0. The fraction of sp³-hybridized carbons (Fsp3) is 0.650. The molecule has 0 radical (unpaired) electrons. The molecule has 1 aromatic rings. The topological polar surface area (TPSA) is 95.1 Å². The SMILES string of the molecule is CCNC(=NCc1ccccc1CS(=O)(=O)NC(C)C)NCCN1CCOCC1.I. The lowest BCUT2D eigenvalue weighted by Gasteiger charge is -2.26. The molecule has 1 heterocycles. The number of nitrogens with one attached hydrogen (secondary N) is 3. The smallest absolute Gasteiger partial charge is 0.216 e. The summed E-state index contributed by atoms with van der Waals surface area (Å²) in [5.41, 5.74) is 1.68. The summed E-state index contributed by atoms with van der Waals surface area (Å²) in [4.78, 5) is 7.02. The lowest BCUT2D eigenvalue weighted by molar-refractivity contribution is 0.0389. The van der Waals surface area contributed by atoms with Crippen LogP contribution in [0.3, 0.4) is 0 Å². The standard InChI is InChI=1S/C20H35N5O3S.HI/c1-4-21-20(22-9-10-25-11-13-28-14-12-25)23-15-18-7-5-6-8-19(18)16-29(26,27)24-17(2)3;/h5-8,17,24H,4,9-16H2,1-3H3,(H2,21,22,23);1H. The van der Waals surface area contributed by atoms with Crippen molar-refractivity contribution < 1.29 is 13.2 Å². The van der Waals surface area contributed by atoms with Crippen molar-refractivity contribution in [2.75, 3.05) is 45.9 Å². The van der Waals surface area contributed by atoms with E-state index in [4.69, 9.17) is 4.74 Å². The number of rotatable bonds is 10. The minimum absolute atomic E-state index is 0. The van der Waals surface area contributed by atoms with Gasteiger partial charge >= 0.3 is 0 Å². The highest BCUT2D eigenvalue weighted by atomic mass is 127. The van der Waals surface area contributed by atoms with Crippen LogP contribution in [0.4, 0.5) is 0 Å². The van der Waals surface area contributed by atoms with Crippen molar-refractivity contribution in [1.82, 2.24) is 20.3 Å². The van der Waals surface area contributed by atoms with Gasteiger partial charge in [0, 0.05) is 38.8 Å². The first kappa shape index (κ1) is 27.1. The molecule has 0 aromatic heterocycles. The molecule has 0 saturated carbocycles. The Kier molecular flexibility index (Phi) is 12.8. The van der Waals surface area contributed by atoms with Gasteiger partial charge in [0.05, 0.1) is 25.5 Å². The van der Waals surface area contributed by atoms with Crippen LogP contribution in [0.2, 0.25) is 0 Å². The number of morpholine rings is 1. The first-order valence-electron chi connectivity index (χ1n) is 10.3. The maximum absolute atomic E-state index is 12.3. The molecule has 0 spiro atoms. The van der Waals surface area contributed by atoms with Crippen LogP contribution in [0.5, 0.6) is 0 Å². The zero-order valence-electron chi connectivity index (χ0n) is 18.2. The largest absolute Gasteiger partial charge is 0.379 e. The maximum atomic E-state index is 12.3. The average molecular weight is 554 g/mol. The Bertz CT molecular complexity index is 753. The first-order chi connectivity index (χ1) is 13.9. The second-order valence-corrected chi connectivity index (χ2v) is 9.13. The van der Waals surface area contributed by atoms with Gasteiger partial charge in [0.15, 0.2) is 5.96 Å². The van der Waals surface area contributed by atoms with Gasteiger partial charge in [-0.15, -0.1) is 24.0 Å². The molecule has 1 aliphatic rings. The van der Waals surface area contributed by atoms with Crippen LogP contribution in [0, 0.1) is 0 Å². The number of sulfonamides is 1. The number of hydrogen-bond acceptors (Lipinski definition) is 5. The molecule has 0 bridgehead atoms. The van der Waals surface area contributed by atoms with Crippen LogP contribution in [0.15, 0.2) is 29.3 Å². The van der Waals surface area contributed by atoms with Gasteiger partial charge in [0.2, 0.25) is 10.0 Å². The Morgan fingerprint density at radius 2 is 1.83 bits per heavy atom. The van der Waals surface area contributed by atoms with E-state index in [0.717, 1.165) is 63.0 Å². The van der Waals surface area contributed by atoms with Crippen molar-refractivity contribution in [2.24, 2.45) is 4.99 Å². The quantitative estimate of drug-likeness (QED) is 0.231. The molecule has 30 heavy (non-hydrogen) atoms. The lowest BCUT2D eigenvalue weighted by atomic mass is 10.1. The van der Waals surface area contributed by atoms with E-state index in [2.05, 4.69) is 25.2 Å². The van der Waals surface area contributed by atoms with Gasteiger partial charge in [-0.3, -0.25) is 4.90 Å². The molecule has 172 valence electrons. The Labute approximate surface area is 198 Å². The van der Waals surface area contributed by atoms with Crippen LogP contribution in [0.25, 0.3) is 0 Å². The van der Waals surface area contributed by atoms with Crippen LogP contribution >= 0.6 is 24.0 Å². The normalized spacial score (nSPS) is 15.7. The van der Waals surface area contributed by atoms with E-state index in [1.807, 2.05) is 45.0 Å². The van der Waals surface area contributed by atoms with E-state index in [1.54, 1.807) is 0 Å². The minimum atomic E-state index is -3.38. The molecular weight excluding hydrogens is 517 g/mol. The van der Waals surface area contributed by atoms with E-state index < -0.39 is 10.0 Å². The van der Waals surface area contributed by atoms with Crippen LogP contribution < -0.4 is 15.4 Å². The third-order valence-electron chi connectivity index (χ3n) is 4.46. The van der Waals surface area contributed by atoms with E-state index in [-0.39, 0.29) is 35.8 Å². The second-order valence-electron chi connectivity index (χ2n) is 7.38. The zero-order chi connectivity index (χ0) is 21.1. The minimum Gasteiger partial charge on any atom is -0.379 e. The first-order valence-corrected chi connectivity index (χ1v) is 11.9. The summed E-state index contributed by atoms with van der Waals surface area (Å²) in [7, 11) is -3.38. The van der Waals surface area contributed by atoms with Crippen molar-refractivity contribution >= 4 is 40.0 Å². The summed E-state index contributed by atoms with van der Waals surface area (Å²) in [5.74, 6) is 0.691. The van der Waals surface area contributed by atoms with Crippen molar-refractivity contribution in [3.05, 3.63) is 35.4 Å². The zero-order valence-corrected chi connectivity index (χ0v) is 21.3. The second kappa shape index (κ2) is 14.2. The Morgan fingerprint density at radius 1 is 1.17 bits per heavy atom. The summed E-state index contributed by atoms with van der Waals surface area (Å²) in [5, 5.41) is 6.61. The highest BCUT2D eigenvalue weighted by molar-refractivity contribution is 14.0.